The summed E-state index contributed by atoms with van der Waals surface area (Å²) in [7, 11) is -3.66. The van der Waals surface area contributed by atoms with Crippen LogP contribution in [0.3, 0.4) is 0 Å². The normalized spacial score (nSPS) is 20.8. The summed E-state index contributed by atoms with van der Waals surface area (Å²) in [6.45, 7) is 0.696. The third-order valence-electron chi connectivity index (χ3n) is 3.17. The molecule has 0 saturated carbocycles. The van der Waals surface area contributed by atoms with Gasteiger partial charge >= 0.3 is 0 Å². The standard InChI is InChI=1S/C11H14BrN3O4S/c12-10-6-9(3-4-11(10)15(16)17)20(18,19)14-5-1-2-8(13)7-14/h3-4,6,8H,1-2,5,7,13H2. The molecule has 1 aromatic carbocycles. The van der Waals surface area contributed by atoms with Crippen molar-refractivity contribution in [1.29, 1.82) is 0 Å². The Hall–Kier alpha value is -1.03. The Bertz CT molecular complexity index is 635. The lowest BCUT2D eigenvalue weighted by Crippen LogP contribution is -2.45. The molecule has 7 nitrogen and oxygen atoms in total. The molecule has 2 N–H and O–H groups in total. The van der Waals surface area contributed by atoms with Crippen molar-refractivity contribution in [3.63, 3.8) is 0 Å². The van der Waals surface area contributed by atoms with Gasteiger partial charge in [-0.25, -0.2) is 8.42 Å². The first-order valence-corrected chi connectivity index (χ1v) is 8.25. The predicted octanol–water partition coefficient (Wildman–Crippen LogP) is 1.47. The van der Waals surface area contributed by atoms with Crippen LogP contribution in [-0.2, 0) is 10.0 Å². The second kappa shape index (κ2) is 5.76. The molecule has 0 aromatic heterocycles. The maximum Gasteiger partial charge on any atom is 0.283 e. The lowest BCUT2D eigenvalue weighted by molar-refractivity contribution is -0.385. The fourth-order valence-corrected chi connectivity index (χ4v) is 4.37. The fraction of sp³-hybridized carbons (Fsp3) is 0.455. The molecule has 0 bridgehead atoms. The van der Waals surface area contributed by atoms with Crippen LogP contribution in [0.5, 0.6) is 0 Å². The third kappa shape index (κ3) is 3.00. The number of nitrogens with zero attached hydrogens (tertiary/aromatic N) is 2. The highest BCUT2D eigenvalue weighted by Crippen LogP contribution is 2.29. The first-order chi connectivity index (χ1) is 9.32. The van der Waals surface area contributed by atoms with Crippen LogP contribution < -0.4 is 5.73 Å². The van der Waals surface area contributed by atoms with E-state index in [1.54, 1.807) is 0 Å². The number of piperidine rings is 1. The zero-order valence-electron chi connectivity index (χ0n) is 10.5. The van der Waals surface area contributed by atoms with E-state index in [1.807, 2.05) is 0 Å². The van der Waals surface area contributed by atoms with Crippen LogP contribution in [0.15, 0.2) is 27.6 Å². The average molecular weight is 364 g/mol. The van der Waals surface area contributed by atoms with Gasteiger partial charge in [0.05, 0.1) is 14.3 Å². The summed E-state index contributed by atoms with van der Waals surface area (Å²) in [6.07, 6.45) is 1.52. The Kier molecular flexibility index (Phi) is 4.43. The monoisotopic (exact) mass is 363 g/mol. The number of hydrogen-bond donors (Lipinski definition) is 1. The highest BCUT2D eigenvalue weighted by molar-refractivity contribution is 9.10. The van der Waals surface area contributed by atoms with E-state index < -0.39 is 14.9 Å². The summed E-state index contributed by atoms with van der Waals surface area (Å²) in [6, 6.07) is 3.52. The van der Waals surface area contributed by atoms with Crippen molar-refractivity contribution in [2.75, 3.05) is 13.1 Å². The molecule has 9 heteroatoms. The van der Waals surface area contributed by atoms with Crippen LogP contribution >= 0.6 is 15.9 Å². The molecule has 1 aliphatic rings. The minimum atomic E-state index is -3.66. The van der Waals surface area contributed by atoms with E-state index in [9.17, 15) is 18.5 Å². The number of nitrogens with two attached hydrogens (primary N) is 1. The van der Waals surface area contributed by atoms with Crippen molar-refractivity contribution < 1.29 is 13.3 Å². The molecule has 1 fully saturated rings. The number of hydrogen-bond acceptors (Lipinski definition) is 5. The molecule has 1 aromatic rings. The van der Waals surface area contributed by atoms with Gasteiger partial charge in [0.25, 0.3) is 5.69 Å². The average Bonchev–Trinajstić information content (AvgIpc) is 2.38. The molecule has 1 heterocycles. The first-order valence-electron chi connectivity index (χ1n) is 6.02. The molecule has 1 atom stereocenters. The summed E-state index contributed by atoms with van der Waals surface area (Å²) in [5, 5.41) is 10.7. The second-order valence-electron chi connectivity index (χ2n) is 4.64. The van der Waals surface area contributed by atoms with Gasteiger partial charge < -0.3 is 5.73 Å². The van der Waals surface area contributed by atoms with Gasteiger partial charge in [-0.2, -0.15) is 4.31 Å². The number of benzene rings is 1. The van der Waals surface area contributed by atoms with Gasteiger partial charge in [-0.3, -0.25) is 10.1 Å². The van der Waals surface area contributed by atoms with Gasteiger partial charge in [0.1, 0.15) is 0 Å². The summed E-state index contributed by atoms with van der Waals surface area (Å²) in [5.41, 5.74) is 5.62. The summed E-state index contributed by atoms with van der Waals surface area (Å²) < 4.78 is 26.4. The van der Waals surface area contributed by atoms with E-state index in [0.717, 1.165) is 6.42 Å². The van der Waals surface area contributed by atoms with Gasteiger partial charge in [0, 0.05) is 25.2 Å². The largest absolute Gasteiger partial charge is 0.327 e. The van der Waals surface area contributed by atoms with E-state index >= 15 is 0 Å². The Morgan fingerprint density at radius 2 is 2.15 bits per heavy atom. The molecule has 0 radical (unpaired) electrons. The lowest BCUT2D eigenvalue weighted by atomic mass is 10.1. The van der Waals surface area contributed by atoms with Gasteiger partial charge in [-0.05, 0) is 40.9 Å². The molecule has 1 unspecified atom stereocenters. The van der Waals surface area contributed by atoms with Gasteiger partial charge in [-0.15, -0.1) is 0 Å². The number of halogens is 1. The predicted molar refractivity (Wildman–Crippen MR) is 76.8 cm³/mol. The van der Waals surface area contributed by atoms with Crippen LogP contribution in [0.4, 0.5) is 5.69 Å². The van der Waals surface area contributed by atoms with Gasteiger partial charge in [0.2, 0.25) is 10.0 Å². The lowest BCUT2D eigenvalue weighted by Gasteiger charge is -2.29. The maximum atomic E-state index is 12.4. The van der Waals surface area contributed by atoms with E-state index in [0.29, 0.717) is 13.0 Å². The van der Waals surface area contributed by atoms with Crippen LogP contribution in [-0.4, -0.2) is 36.8 Å². The van der Waals surface area contributed by atoms with Crippen LogP contribution in [0, 0.1) is 10.1 Å². The topological polar surface area (TPSA) is 107 Å². The van der Waals surface area contributed by atoms with Gasteiger partial charge in [-0.1, -0.05) is 0 Å². The van der Waals surface area contributed by atoms with Crippen molar-refractivity contribution in [2.24, 2.45) is 5.73 Å². The molecule has 0 aliphatic carbocycles. The smallest absolute Gasteiger partial charge is 0.283 e. The molecular weight excluding hydrogens is 350 g/mol. The van der Waals surface area contributed by atoms with Crippen molar-refractivity contribution >= 4 is 31.6 Å². The van der Waals surface area contributed by atoms with E-state index in [4.69, 9.17) is 5.73 Å². The van der Waals surface area contributed by atoms with E-state index in [-0.39, 0.29) is 27.6 Å². The quantitative estimate of drug-likeness (QED) is 0.646. The first kappa shape index (κ1) is 15.4. The van der Waals surface area contributed by atoms with Crippen molar-refractivity contribution in [2.45, 2.75) is 23.8 Å². The van der Waals surface area contributed by atoms with Crippen molar-refractivity contribution in [3.8, 4) is 0 Å². The van der Waals surface area contributed by atoms with E-state index in [2.05, 4.69) is 15.9 Å². The highest BCUT2D eigenvalue weighted by atomic mass is 79.9. The molecule has 110 valence electrons. The highest BCUT2D eigenvalue weighted by Gasteiger charge is 2.29. The fourth-order valence-electron chi connectivity index (χ4n) is 2.14. The molecule has 1 aliphatic heterocycles. The van der Waals surface area contributed by atoms with Crippen molar-refractivity contribution in [1.82, 2.24) is 4.31 Å². The molecule has 0 amide bonds. The molecule has 2 rings (SSSR count). The number of rotatable bonds is 3. The molecule has 1 saturated heterocycles. The SMILES string of the molecule is NC1CCCN(S(=O)(=O)c2ccc([N+](=O)[O-])c(Br)c2)C1. The summed E-state index contributed by atoms with van der Waals surface area (Å²) >= 11 is 3.03. The number of sulfonamides is 1. The Morgan fingerprint density at radius 1 is 1.45 bits per heavy atom. The Balaban J connectivity index is 2.34. The van der Waals surface area contributed by atoms with Crippen LogP contribution in [0.1, 0.15) is 12.8 Å². The maximum absolute atomic E-state index is 12.4. The third-order valence-corrected chi connectivity index (χ3v) is 5.67. The molecular formula is C11H14BrN3O4S. The van der Waals surface area contributed by atoms with Crippen LogP contribution in [0.25, 0.3) is 0 Å². The number of nitro benzene ring substituents is 1. The molecule has 20 heavy (non-hydrogen) atoms. The Labute approximate surface area is 125 Å². The van der Waals surface area contributed by atoms with Gasteiger partial charge in [0.15, 0.2) is 0 Å². The molecule has 0 spiro atoms. The minimum Gasteiger partial charge on any atom is -0.327 e. The van der Waals surface area contributed by atoms with Crippen molar-refractivity contribution in [3.05, 3.63) is 32.8 Å². The van der Waals surface area contributed by atoms with E-state index in [1.165, 1.54) is 22.5 Å². The van der Waals surface area contributed by atoms with Crippen LogP contribution in [0.2, 0.25) is 0 Å². The minimum absolute atomic E-state index is 0.0316. The number of nitro groups is 1. The summed E-state index contributed by atoms with van der Waals surface area (Å²) in [5.74, 6) is 0. The zero-order chi connectivity index (χ0) is 14.9. The zero-order valence-corrected chi connectivity index (χ0v) is 12.9. The second-order valence-corrected chi connectivity index (χ2v) is 7.43. The Morgan fingerprint density at radius 3 is 2.70 bits per heavy atom. The summed E-state index contributed by atoms with van der Waals surface area (Å²) in [4.78, 5) is 10.2.